The molecule has 126 valence electrons. The number of nitrogens with zero attached hydrogens (tertiary/aromatic N) is 3. The van der Waals surface area contributed by atoms with Crippen LogP contribution in [0.15, 0.2) is 34.5 Å². The number of carbonyl (C=O) groups is 2. The quantitative estimate of drug-likeness (QED) is 0.463. The minimum atomic E-state index is -0.494. The van der Waals surface area contributed by atoms with Gasteiger partial charge in [-0.05, 0) is 20.3 Å². The number of hydrogen-bond acceptors (Lipinski definition) is 6. The number of rotatable bonds is 6. The van der Waals surface area contributed by atoms with Gasteiger partial charge in [-0.3, -0.25) is 19.7 Å². The number of hydrogen-bond donors (Lipinski definition) is 2. The summed E-state index contributed by atoms with van der Waals surface area (Å²) in [4.78, 5) is 33.6. The van der Waals surface area contributed by atoms with Crippen molar-refractivity contribution in [1.29, 1.82) is 0 Å². The summed E-state index contributed by atoms with van der Waals surface area (Å²) in [7, 11) is 0. The second-order valence-electron chi connectivity index (χ2n) is 5.36. The molecule has 1 unspecified atom stereocenters. The van der Waals surface area contributed by atoms with Gasteiger partial charge in [0.2, 0.25) is 11.8 Å². The van der Waals surface area contributed by atoms with E-state index in [1.807, 2.05) is 0 Å². The maximum atomic E-state index is 11.8. The molecule has 0 aliphatic carbocycles. The molecule has 9 heteroatoms. The zero-order valence-electron chi connectivity index (χ0n) is 13.3. The van der Waals surface area contributed by atoms with Gasteiger partial charge in [0.15, 0.2) is 0 Å². The first kappa shape index (κ1) is 17.3. The van der Waals surface area contributed by atoms with Crippen molar-refractivity contribution in [2.75, 3.05) is 0 Å². The van der Waals surface area contributed by atoms with Crippen molar-refractivity contribution in [3.05, 3.63) is 39.9 Å². The van der Waals surface area contributed by atoms with Gasteiger partial charge in [-0.2, -0.15) is 10.2 Å². The molecule has 0 bridgehead atoms. The third-order valence-electron chi connectivity index (χ3n) is 3.65. The topological polar surface area (TPSA) is 126 Å². The van der Waals surface area contributed by atoms with Gasteiger partial charge in [0.25, 0.3) is 5.69 Å². The minimum absolute atomic E-state index is 0.0459. The average Bonchev–Trinajstić information content (AvgIpc) is 2.89. The van der Waals surface area contributed by atoms with Crippen LogP contribution in [-0.4, -0.2) is 28.2 Å². The van der Waals surface area contributed by atoms with Gasteiger partial charge in [-0.1, -0.05) is 12.1 Å². The van der Waals surface area contributed by atoms with Crippen molar-refractivity contribution in [3.8, 4) is 0 Å². The Bertz CT molecular complexity index is 741. The highest BCUT2D eigenvalue weighted by Crippen LogP contribution is 2.15. The van der Waals surface area contributed by atoms with Gasteiger partial charge in [0.05, 0.1) is 16.6 Å². The molecule has 1 aliphatic rings. The highest BCUT2D eigenvalue weighted by atomic mass is 16.6. The molecule has 0 fully saturated rings. The van der Waals surface area contributed by atoms with E-state index < -0.39 is 10.8 Å². The van der Waals surface area contributed by atoms with Gasteiger partial charge in [-0.15, -0.1) is 0 Å². The lowest BCUT2D eigenvalue weighted by atomic mass is 9.99. The Morgan fingerprint density at radius 3 is 2.88 bits per heavy atom. The van der Waals surface area contributed by atoms with E-state index in [9.17, 15) is 19.7 Å². The van der Waals surface area contributed by atoms with E-state index in [-0.39, 0.29) is 23.9 Å². The van der Waals surface area contributed by atoms with Crippen LogP contribution in [-0.2, 0) is 9.59 Å². The molecule has 1 atom stereocenters. The Morgan fingerprint density at radius 2 is 2.25 bits per heavy atom. The van der Waals surface area contributed by atoms with Gasteiger partial charge in [0.1, 0.15) is 0 Å². The van der Waals surface area contributed by atoms with E-state index in [0.717, 1.165) is 0 Å². The summed E-state index contributed by atoms with van der Waals surface area (Å²) in [5, 5.41) is 18.5. The number of carbonyl (C=O) groups excluding carboxylic acids is 2. The van der Waals surface area contributed by atoms with Crippen LogP contribution in [0.25, 0.3) is 0 Å². The van der Waals surface area contributed by atoms with E-state index in [1.165, 1.54) is 12.1 Å². The monoisotopic (exact) mass is 331 g/mol. The van der Waals surface area contributed by atoms with E-state index >= 15 is 0 Å². The number of benzene rings is 1. The maximum Gasteiger partial charge on any atom is 0.270 e. The molecule has 2 N–H and O–H groups in total. The lowest BCUT2D eigenvalue weighted by Crippen LogP contribution is -2.25. The van der Waals surface area contributed by atoms with Gasteiger partial charge in [0, 0.05) is 29.8 Å². The zero-order valence-corrected chi connectivity index (χ0v) is 13.3. The highest BCUT2D eigenvalue weighted by Gasteiger charge is 2.27. The predicted octanol–water partition coefficient (Wildman–Crippen LogP) is 1.34. The smallest absolute Gasteiger partial charge is 0.270 e. The average molecular weight is 331 g/mol. The summed E-state index contributed by atoms with van der Waals surface area (Å²) >= 11 is 0. The normalized spacial score (nSPS) is 17.2. The molecule has 2 amide bonds. The van der Waals surface area contributed by atoms with Crippen molar-refractivity contribution in [2.45, 2.75) is 26.7 Å². The van der Waals surface area contributed by atoms with Gasteiger partial charge >= 0.3 is 0 Å². The molecule has 24 heavy (non-hydrogen) atoms. The predicted molar refractivity (Wildman–Crippen MR) is 87.4 cm³/mol. The zero-order chi connectivity index (χ0) is 17.7. The molecule has 2 rings (SSSR count). The Kier molecular flexibility index (Phi) is 5.35. The fourth-order valence-electron chi connectivity index (χ4n) is 2.22. The van der Waals surface area contributed by atoms with E-state index in [4.69, 9.17) is 0 Å². The number of non-ortho nitro benzene ring substituents is 1. The van der Waals surface area contributed by atoms with Crippen molar-refractivity contribution in [3.63, 3.8) is 0 Å². The van der Waals surface area contributed by atoms with E-state index in [1.54, 1.807) is 26.0 Å². The van der Waals surface area contributed by atoms with Crippen molar-refractivity contribution >= 4 is 28.9 Å². The van der Waals surface area contributed by atoms with Crippen LogP contribution in [0.3, 0.4) is 0 Å². The Labute approximate surface area is 138 Å². The molecule has 1 aromatic carbocycles. The van der Waals surface area contributed by atoms with Gasteiger partial charge in [-0.25, -0.2) is 10.9 Å². The second kappa shape index (κ2) is 7.44. The van der Waals surface area contributed by atoms with Gasteiger partial charge < -0.3 is 0 Å². The number of nitro benzene ring substituents is 1. The molecule has 0 spiro atoms. The molecule has 9 nitrogen and oxygen atoms in total. The molecule has 0 radical (unpaired) electrons. The Balaban J connectivity index is 1.91. The summed E-state index contributed by atoms with van der Waals surface area (Å²) in [6, 6.07) is 5.98. The lowest BCUT2D eigenvalue weighted by Gasteiger charge is -2.07. The lowest BCUT2D eigenvalue weighted by molar-refractivity contribution is -0.384. The van der Waals surface area contributed by atoms with Crippen LogP contribution in [0.5, 0.6) is 0 Å². The number of nitro groups is 1. The van der Waals surface area contributed by atoms with Crippen LogP contribution in [0.1, 0.15) is 32.3 Å². The molecule has 1 aliphatic heterocycles. The fourth-order valence-corrected chi connectivity index (χ4v) is 2.22. The van der Waals surface area contributed by atoms with Crippen molar-refractivity contribution in [1.82, 2.24) is 10.9 Å². The fraction of sp³-hybridized carbons (Fsp3) is 0.333. The largest absolute Gasteiger partial charge is 0.273 e. The summed E-state index contributed by atoms with van der Waals surface area (Å²) in [5.74, 6) is -0.943. The summed E-state index contributed by atoms with van der Waals surface area (Å²) < 4.78 is 0. The Hall–Kier alpha value is -3.10. The molecule has 0 aromatic heterocycles. The van der Waals surface area contributed by atoms with E-state index in [2.05, 4.69) is 21.1 Å². The number of nitrogens with one attached hydrogen (secondary N) is 2. The van der Waals surface area contributed by atoms with Crippen LogP contribution in [0.2, 0.25) is 0 Å². The molecule has 1 aromatic rings. The standard InChI is InChI=1S/C15H17N5O4/c1-9(11-4-3-5-12(8-11)20(23)24)16-18-14(21)7-6-13-10(2)17-19-15(13)22/h3-5,8,13H,6-7H2,1-2H3,(H,18,21)(H,19,22)/b16-9+. The van der Waals surface area contributed by atoms with Crippen LogP contribution in [0.4, 0.5) is 5.69 Å². The molecular formula is C15H17N5O4. The van der Waals surface area contributed by atoms with Crippen LogP contribution < -0.4 is 10.9 Å². The highest BCUT2D eigenvalue weighted by molar-refractivity contribution is 6.07. The van der Waals surface area contributed by atoms with Crippen LogP contribution >= 0.6 is 0 Å². The molecule has 0 saturated carbocycles. The Morgan fingerprint density at radius 1 is 1.50 bits per heavy atom. The molecule has 0 saturated heterocycles. The maximum absolute atomic E-state index is 11.8. The summed E-state index contributed by atoms with van der Waals surface area (Å²) in [6.45, 7) is 3.37. The van der Waals surface area contributed by atoms with Crippen molar-refractivity contribution < 1.29 is 14.5 Å². The number of hydrazone groups is 2. The van der Waals surface area contributed by atoms with E-state index in [0.29, 0.717) is 23.4 Å². The first-order valence-corrected chi connectivity index (χ1v) is 7.30. The number of amides is 2. The van der Waals surface area contributed by atoms with Crippen molar-refractivity contribution in [2.24, 2.45) is 16.1 Å². The molecule has 1 heterocycles. The first-order valence-electron chi connectivity index (χ1n) is 7.30. The minimum Gasteiger partial charge on any atom is -0.273 e. The summed E-state index contributed by atoms with van der Waals surface area (Å²) in [6.07, 6.45) is 0.467. The molecular weight excluding hydrogens is 314 g/mol. The third kappa shape index (κ3) is 4.22. The summed E-state index contributed by atoms with van der Waals surface area (Å²) in [5.41, 5.74) is 6.36. The second-order valence-corrected chi connectivity index (χ2v) is 5.36. The first-order chi connectivity index (χ1) is 11.4. The SMILES string of the molecule is CC1=NNC(=O)C1CCC(=O)N/N=C(\C)c1cccc([N+](=O)[O-])c1. The van der Waals surface area contributed by atoms with Crippen LogP contribution in [0, 0.1) is 16.0 Å². The third-order valence-corrected chi connectivity index (χ3v) is 3.65.